The average Bonchev–Trinajstić information content (AvgIpc) is 3.05. The summed E-state index contributed by atoms with van der Waals surface area (Å²) in [6.45, 7) is 5.04. The van der Waals surface area contributed by atoms with Crippen molar-refractivity contribution >= 4 is 38.1 Å². The summed E-state index contributed by atoms with van der Waals surface area (Å²) in [7, 11) is 0. The Morgan fingerprint density at radius 2 is 1.77 bits per heavy atom. The van der Waals surface area contributed by atoms with Gasteiger partial charge in [-0.05, 0) is 49.2 Å². The molecule has 0 radical (unpaired) electrons. The number of para-hydroxylation sites is 1. The van der Waals surface area contributed by atoms with E-state index in [0.717, 1.165) is 32.7 Å². The molecule has 6 nitrogen and oxygen atoms in total. The Labute approximate surface area is 156 Å². The lowest BCUT2D eigenvalue weighted by Crippen LogP contribution is -2.29. The van der Waals surface area contributed by atoms with E-state index in [9.17, 15) is 10.2 Å². The predicted octanol–water partition coefficient (Wildman–Crippen LogP) is 4.12. The van der Waals surface area contributed by atoms with Crippen molar-refractivity contribution in [3.8, 4) is 0 Å². The van der Waals surface area contributed by atoms with Gasteiger partial charge in [0.1, 0.15) is 0 Å². The first-order chi connectivity index (χ1) is 12.6. The predicted molar refractivity (Wildman–Crippen MR) is 106 cm³/mol. The summed E-state index contributed by atoms with van der Waals surface area (Å²) in [4.78, 5) is 6.48. The van der Waals surface area contributed by atoms with Gasteiger partial charge in [0.2, 0.25) is 5.13 Å². The molecular weight excluding hydrogens is 348 g/mol. The summed E-state index contributed by atoms with van der Waals surface area (Å²) in [6, 6.07) is 11.9. The van der Waals surface area contributed by atoms with Crippen molar-refractivity contribution in [1.29, 1.82) is 0 Å². The Bertz CT molecular complexity index is 917. The normalized spacial score (nSPS) is 11.5. The lowest BCUT2D eigenvalue weighted by molar-refractivity contribution is 0.281. The SMILES string of the molecule is Cc1cc(N(CCO)CCO)ccc1N=Nc1nc2c(C)cccc2s1. The smallest absolute Gasteiger partial charge is 0.231 e. The maximum atomic E-state index is 9.18. The fourth-order valence-corrected chi connectivity index (χ4v) is 3.64. The van der Waals surface area contributed by atoms with Gasteiger partial charge in [-0.25, -0.2) is 4.98 Å². The van der Waals surface area contributed by atoms with Gasteiger partial charge >= 0.3 is 0 Å². The highest BCUT2D eigenvalue weighted by atomic mass is 32.1. The number of aromatic nitrogens is 1. The summed E-state index contributed by atoms with van der Waals surface area (Å²) < 4.78 is 1.11. The fourth-order valence-electron chi connectivity index (χ4n) is 2.77. The molecule has 1 heterocycles. The maximum Gasteiger partial charge on any atom is 0.231 e. The minimum atomic E-state index is 0.0392. The molecule has 2 aromatic carbocycles. The first-order valence-electron chi connectivity index (χ1n) is 8.47. The second kappa shape index (κ2) is 8.35. The van der Waals surface area contributed by atoms with Crippen LogP contribution in [0.25, 0.3) is 10.2 Å². The Morgan fingerprint density at radius 3 is 2.42 bits per heavy atom. The molecule has 7 heteroatoms. The van der Waals surface area contributed by atoms with Crippen LogP contribution in [0.4, 0.5) is 16.5 Å². The number of azo groups is 1. The third kappa shape index (κ3) is 4.07. The molecule has 3 rings (SSSR count). The Kier molecular flexibility index (Phi) is 5.92. The van der Waals surface area contributed by atoms with Crippen LogP contribution in [-0.4, -0.2) is 41.5 Å². The number of thiazole rings is 1. The Morgan fingerprint density at radius 1 is 1.00 bits per heavy atom. The molecule has 3 aromatic rings. The fraction of sp³-hybridized carbons (Fsp3) is 0.316. The summed E-state index contributed by atoms with van der Waals surface area (Å²) in [5.41, 5.74) is 4.80. The average molecular weight is 370 g/mol. The van der Waals surface area contributed by atoms with E-state index in [4.69, 9.17) is 0 Å². The van der Waals surface area contributed by atoms with Crippen LogP contribution in [0.3, 0.4) is 0 Å². The topological polar surface area (TPSA) is 81.3 Å². The molecule has 0 bridgehead atoms. The van der Waals surface area contributed by atoms with Gasteiger partial charge in [0.15, 0.2) is 0 Å². The van der Waals surface area contributed by atoms with Gasteiger partial charge in [0.25, 0.3) is 0 Å². The van der Waals surface area contributed by atoms with Crippen LogP contribution in [0.5, 0.6) is 0 Å². The van der Waals surface area contributed by atoms with E-state index in [1.54, 1.807) is 0 Å². The van der Waals surface area contributed by atoms with E-state index in [2.05, 4.69) is 15.2 Å². The number of fused-ring (bicyclic) bond motifs is 1. The molecule has 0 saturated carbocycles. The van der Waals surface area contributed by atoms with E-state index in [1.807, 2.05) is 55.1 Å². The zero-order chi connectivity index (χ0) is 18.5. The molecule has 0 amide bonds. The minimum absolute atomic E-state index is 0.0392. The molecule has 0 fully saturated rings. The van der Waals surface area contributed by atoms with E-state index in [-0.39, 0.29) is 13.2 Å². The van der Waals surface area contributed by atoms with Crippen molar-refractivity contribution in [3.63, 3.8) is 0 Å². The molecule has 136 valence electrons. The minimum Gasteiger partial charge on any atom is -0.395 e. The molecule has 0 aliphatic heterocycles. The first-order valence-corrected chi connectivity index (χ1v) is 9.29. The van der Waals surface area contributed by atoms with Crippen LogP contribution in [0.2, 0.25) is 0 Å². The number of hydrogen-bond donors (Lipinski definition) is 2. The van der Waals surface area contributed by atoms with Crippen LogP contribution in [0.1, 0.15) is 11.1 Å². The quantitative estimate of drug-likeness (QED) is 0.613. The third-order valence-corrected chi connectivity index (χ3v) is 5.04. The zero-order valence-electron chi connectivity index (χ0n) is 14.9. The molecule has 0 aliphatic rings. The highest BCUT2D eigenvalue weighted by Crippen LogP contribution is 2.32. The van der Waals surface area contributed by atoms with Crippen LogP contribution in [0, 0.1) is 13.8 Å². The van der Waals surface area contributed by atoms with Gasteiger partial charge in [-0.2, -0.15) is 0 Å². The number of anilines is 1. The number of aryl methyl sites for hydroxylation is 2. The summed E-state index contributed by atoms with van der Waals surface area (Å²) >= 11 is 1.52. The third-order valence-electron chi connectivity index (χ3n) is 4.14. The lowest BCUT2D eigenvalue weighted by atomic mass is 10.1. The number of nitrogens with zero attached hydrogens (tertiary/aromatic N) is 4. The van der Waals surface area contributed by atoms with Gasteiger partial charge in [-0.15, -0.1) is 10.2 Å². The van der Waals surface area contributed by atoms with Crippen molar-refractivity contribution in [3.05, 3.63) is 47.5 Å². The molecular formula is C19H22N4O2S. The Hall–Kier alpha value is -2.35. The largest absolute Gasteiger partial charge is 0.395 e. The summed E-state index contributed by atoms with van der Waals surface area (Å²) in [5.74, 6) is 0. The monoisotopic (exact) mass is 370 g/mol. The van der Waals surface area contributed by atoms with Crippen LogP contribution >= 0.6 is 11.3 Å². The van der Waals surface area contributed by atoms with E-state index in [0.29, 0.717) is 18.2 Å². The molecule has 0 saturated heterocycles. The number of aliphatic hydroxyl groups is 2. The van der Waals surface area contributed by atoms with Crippen LogP contribution < -0.4 is 4.90 Å². The lowest BCUT2D eigenvalue weighted by Gasteiger charge is -2.23. The molecule has 1 aromatic heterocycles. The van der Waals surface area contributed by atoms with Gasteiger partial charge in [0.05, 0.1) is 29.1 Å². The van der Waals surface area contributed by atoms with Gasteiger partial charge in [0, 0.05) is 18.8 Å². The summed E-state index contributed by atoms with van der Waals surface area (Å²) in [6.07, 6.45) is 0. The van der Waals surface area contributed by atoms with Crippen molar-refractivity contribution < 1.29 is 10.2 Å². The summed E-state index contributed by atoms with van der Waals surface area (Å²) in [5, 5.41) is 27.6. The second-order valence-corrected chi connectivity index (χ2v) is 7.03. The molecule has 0 spiro atoms. The van der Waals surface area contributed by atoms with Crippen molar-refractivity contribution in [2.45, 2.75) is 13.8 Å². The standard InChI is InChI=1S/C19H22N4O2S/c1-13-4-3-5-17-18(13)20-19(26-17)22-21-16-7-6-15(12-14(16)2)23(8-10-24)9-11-25/h3-7,12,24-25H,8-11H2,1-2H3. The van der Waals surface area contributed by atoms with Crippen molar-refractivity contribution in [2.24, 2.45) is 10.2 Å². The zero-order valence-corrected chi connectivity index (χ0v) is 15.7. The Balaban J connectivity index is 1.82. The van der Waals surface area contributed by atoms with Gasteiger partial charge < -0.3 is 15.1 Å². The molecule has 26 heavy (non-hydrogen) atoms. The molecule has 2 N–H and O–H groups in total. The highest BCUT2D eigenvalue weighted by Gasteiger charge is 2.08. The van der Waals surface area contributed by atoms with Crippen molar-refractivity contribution in [1.82, 2.24) is 4.98 Å². The van der Waals surface area contributed by atoms with Gasteiger partial charge in [-0.1, -0.05) is 23.5 Å². The first kappa shape index (κ1) is 18.4. The van der Waals surface area contributed by atoms with Gasteiger partial charge in [-0.3, -0.25) is 0 Å². The van der Waals surface area contributed by atoms with Crippen molar-refractivity contribution in [2.75, 3.05) is 31.2 Å². The molecule has 0 aliphatic carbocycles. The van der Waals surface area contributed by atoms with E-state index >= 15 is 0 Å². The number of hydrogen-bond acceptors (Lipinski definition) is 7. The van der Waals surface area contributed by atoms with E-state index < -0.39 is 0 Å². The highest BCUT2D eigenvalue weighted by molar-refractivity contribution is 7.21. The molecule has 0 unspecified atom stereocenters. The molecule has 0 atom stereocenters. The number of aliphatic hydroxyl groups excluding tert-OH is 2. The second-order valence-electron chi connectivity index (χ2n) is 6.02. The number of rotatable bonds is 7. The van der Waals surface area contributed by atoms with E-state index in [1.165, 1.54) is 11.3 Å². The van der Waals surface area contributed by atoms with Crippen LogP contribution in [-0.2, 0) is 0 Å². The number of benzene rings is 2. The maximum absolute atomic E-state index is 9.18. The van der Waals surface area contributed by atoms with Crippen LogP contribution in [0.15, 0.2) is 46.6 Å².